The Morgan fingerprint density at radius 3 is 2.36 bits per heavy atom. The number of nitrogens with two attached hydrogens (primary N) is 1. The molecule has 2 aromatic carbocycles. The number of aromatic nitrogens is 1. The smallest absolute Gasteiger partial charge is 0.221 e. The van der Waals surface area contributed by atoms with Gasteiger partial charge in [0.05, 0.1) is 17.1 Å². The lowest BCUT2D eigenvalue weighted by molar-refractivity contribution is -0.114. The Morgan fingerprint density at radius 1 is 1.08 bits per heavy atom. The van der Waals surface area contributed by atoms with Crippen LogP contribution < -0.4 is 11.1 Å². The minimum absolute atomic E-state index is 0.125. The van der Waals surface area contributed by atoms with Gasteiger partial charge in [0, 0.05) is 23.7 Å². The quantitative estimate of drug-likeness (QED) is 0.764. The van der Waals surface area contributed by atoms with E-state index < -0.39 is 0 Å². The van der Waals surface area contributed by atoms with Crippen molar-refractivity contribution in [2.24, 2.45) is 0 Å². The number of hydrogen-bond donors (Lipinski definition) is 2. The zero-order valence-electron chi connectivity index (χ0n) is 13.7. The van der Waals surface area contributed by atoms with Crippen LogP contribution in [-0.4, -0.2) is 10.9 Å². The first kappa shape index (κ1) is 16.2. The highest BCUT2D eigenvalue weighted by atomic mass is 16.1. The van der Waals surface area contributed by atoms with E-state index in [1.54, 1.807) is 18.2 Å². The number of hydrogen-bond acceptors (Lipinski definition) is 4. The van der Waals surface area contributed by atoms with Gasteiger partial charge < -0.3 is 11.1 Å². The second-order valence-corrected chi connectivity index (χ2v) is 5.56. The summed E-state index contributed by atoms with van der Waals surface area (Å²) in [7, 11) is 0. The van der Waals surface area contributed by atoms with Gasteiger partial charge in [-0.05, 0) is 18.2 Å². The molecule has 25 heavy (non-hydrogen) atoms. The molecular formula is C20H16N4O. The second kappa shape index (κ2) is 6.85. The van der Waals surface area contributed by atoms with Crippen molar-refractivity contribution in [3.05, 3.63) is 66.2 Å². The van der Waals surface area contributed by atoms with E-state index in [1.807, 2.05) is 42.5 Å². The Labute approximate surface area is 145 Å². The molecule has 0 spiro atoms. The average Bonchev–Trinajstić information content (AvgIpc) is 2.62. The number of pyridine rings is 1. The molecule has 1 aromatic heterocycles. The van der Waals surface area contributed by atoms with E-state index in [0.29, 0.717) is 28.3 Å². The fourth-order valence-electron chi connectivity index (χ4n) is 2.56. The molecule has 3 aromatic rings. The first-order valence-corrected chi connectivity index (χ1v) is 7.72. The first-order chi connectivity index (χ1) is 12.1. The van der Waals surface area contributed by atoms with Gasteiger partial charge in [0.15, 0.2) is 0 Å². The van der Waals surface area contributed by atoms with Crippen molar-refractivity contribution in [1.82, 2.24) is 4.98 Å². The zero-order valence-corrected chi connectivity index (χ0v) is 13.7. The standard InChI is InChI=1S/C20H16N4O/c1-13(25)23-16-9-7-14(8-10-16)19-11-18(22)17(12-21)20(24-19)15-5-3-2-4-6-15/h2-11H,1H3,(H2,22,24)(H,23,25). The molecule has 0 aliphatic rings. The lowest BCUT2D eigenvalue weighted by Crippen LogP contribution is -2.05. The van der Waals surface area contributed by atoms with Crippen molar-refractivity contribution in [2.45, 2.75) is 6.92 Å². The maximum atomic E-state index is 11.1. The van der Waals surface area contributed by atoms with Crippen molar-refractivity contribution in [3.8, 4) is 28.6 Å². The monoisotopic (exact) mass is 328 g/mol. The lowest BCUT2D eigenvalue weighted by atomic mass is 10.0. The molecule has 3 rings (SSSR count). The van der Waals surface area contributed by atoms with Gasteiger partial charge in [-0.25, -0.2) is 4.98 Å². The molecule has 0 saturated heterocycles. The molecule has 5 nitrogen and oxygen atoms in total. The van der Waals surface area contributed by atoms with Gasteiger partial charge in [0.2, 0.25) is 5.91 Å². The summed E-state index contributed by atoms with van der Waals surface area (Å²) in [6, 6.07) is 20.6. The molecule has 3 N–H and O–H groups in total. The Kier molecular flexibility index (Phi) is 4.44. The molecular weight excluding hydrogens is 312 g/mol. The van der Waals surface area contributed by atoms with Crippen LogP contribution in [0.2, 0.25) is 0 Å². The third kappa shape index (κ3) is 3.48. The zero-order chi connectivity index (χ0) is 17.8. The molecule has 0 saturated carbocycles. The maximum absolute atomic E-state index is 11.1. The van der Waals surface area contributed by atoms with Crippen molar-refractivity contribution >= 4 is 17.3 Å². The number of nitrogen functional groups attached to an aromatic ring is 1. The molecule has 1 heterocycles. The summed E-state index contributed by atoms with van der Waals surface area (Å²) in [5.41, 5.74) is 10.5. The van der Waals surface area contributed by atoms with E-state index in [9.17, 15) is 10.1 Å². The summed E-state index contributed by atoms with van der Waals surface area (Å²) < 4.78 is 0. The SMILES string of the molecule is CC(=O)Nc1ccc(-c2cc(N)c(C#N)c(-c3ccccc3)n2)cc1. The number of anilines is 2. The van der Waals surface area contributed by atoms with Crippen LogP contribution in [-0.2, 0) is 4.79 Å². The highest BCUT2D eigenvalue weighted by Gasteiger charge is 2.13. The third-order valence-corrected chi connectivity index (χ3v) is 3.71. The van der Waals surface area contributed by atoms with Crippen LogP contribution in [0.5, 0.6) is 0 Å². The maximum Gasteiger partial charge on any atom is 0.221 e. The topological polar surface area (TPSA) is 91.8 Å². The Bertz CT molecular complexity index is 957. The van der Waals surface area contributed by atoms with Gasteiger partial charge in [-0.2, -0.15) is 5.26 Å². The number of amides is 1. The number of carbonyl (C=O) groups is 1. The number of rotatable bonds is 3. The number of benzene rings is 2. The minimum Gasteiger partial charge on any atom is -0.398 e. The Morgan fingerprint density at radius 2 is 1.76 bits per heavy atom. The van der Waals surface area contributed by atoms with Crippen molar-refractivity contribution in [1.29, 1.82) is 5.26 Å². The van der Waals surface area contributed by atoms with E-state index in [0.717, 1.165) is 11.1 Å². The molecule has 0 unspecified atom stereocenters. The number of nitriles is 1. The average molecular weight is 328 g/mol. The van der Waals surface area contributed by atoms with Gasteiger partial charge in [-0.15, -0.1) is 0 Å². The largest absolute Gasteiger partial charge is 0.398 e. The van der Waals surface area contributed by atoms with Crippen LogP contribution in [0.4, 0.5) is 11.4 Å². The number of nitrogens with one attached hydrogen (secondary N) is 1. The van der Waals surface area contributed by atoms with Crippen LogP contribution >= 0.6 is 0 Å². The van der Waals surface area contributed by atoms with E-state index in [1.165, 1.54) is 6.92 Å². The fraction of sp³-hybridized carbons (Fsp3) is 0.0500. The minimum atomic E-state index is -0.125. The van der Waals surface area contributed by atoms with Crippen LogP contribution in [0.3, 0.4) is 0 Å². The summed E-state index contributed by atoms with van der Waals surface area (Å²) >= 11 is 0. The summed E-state index contributed by atoms with van der Waals surface area (Å²) in [4.78, 5) is 15.8. The van der Waals surface area contributed by atoms with E-state index in [-0.39, 0.29) is 5.91 Å². The molecule has 1 amide bonds. The van der Waals surface area contributed by atoms with Gasteiger partial charge in [-0.1, -0.05) is 42.5 Å². The summed E-state index contributed by atoms with van der Waals surface area (Å²) in [5, 5.41) is 12.2. The molecule has 5 heteroatoms. The van der Waals surface area contributed by atoms with Crippen molar-refractivity contribution in [2.75, 3.05) is 11.1 Å². The van der Waals surface area contributed by atoms with Crippen LogP contribution in [0.15, 0.2) is 60.7 Å². The van der Waals surface area contributed by atoms with E-state index in [4.69, 9.17) is 5.73 Å². The van der Waals surface area contributed by atoms with Gasteiger partial charge in [0.25, 0.3) is 0 Å². The predicted molar refractivity (Wildman–Crippen MR) is 98.5 cm³/mol. The fourth-order valence-corrected chi connectivity index (χ4v) is 2.56. The first-order valence-electron chi connectivity index (χ1n) is 7.72. The Hall–Kier alpha value is -3.65. The molecule has 0 fully saturated rings. The van der Waals surface area contributed by atoms with Crippen LogP contribution in [0, 0.1) is 11.3 Å². The summed E-state index contributed by atoms with van der Waals surface area (Å²) in [6.45, 7) is 1.46. The lowest BCUT2D eigenvalue weighted by Gasteiger charge is -2.10. The summed E-state index contributed by atoms with van der Waals surface area (Å²) in [5.74, 6) is -0.125. The van der Waals surface area contributed by atoms with E-state index in [2.05, 4.69) is 16.4 Å². The van der Waals surface area contributed by atoms with E-state index >= 15 is 0 Å². The molecule has 0 atom stereocenters. The van der Waals surface area contributed by atoms with Crippen molar-refractivity contribution < 1.29 is 4.79 Å². The van der Waals surface area contributed by atoms with Crippen LogP contribution in [0.25, 0.3) is 22.5 Å². The van der Waals surface area contributed by atoms with Crippen molar-refractivity contribution in [3.63, 3.8) is 0 Å². The Balaban J connectivity index is 2.07. The van der Waals surface area contributed by atoms with Gasteiger partial charge in [-0.3, -0.25) is 4.79 Å². The predicted octanol–water partition coefficient (Wildman–Crippen LogP) is 3.83. The highest BCUT2D eigenvalue weighted by molar-refractivity contribution is 5.89. The van der Waals surface area contributed by atoms with Gasteiger partial charge in [0.1, 0.15) is 11.6 Å². The molecule has 0 aliphatic carbocycles. The number of carbonyl (C=O) groups excluding carboxylic acids is 1. The van der Waals surface area contributed by atoms with Gasteiger partial charge >= 0.3 is 0 Å². The molecule has 0 radical (unpaired) electrons. The normalized spacial score (nSPS) is 10.1. The third-order valence-electron chi connectivity index (χ3n) is 3.71. The molecule has 0 aliphatic heterocycles. The molecule has 0 bridgehead atoms. The summed E-state index contributed by atoms with van der Waals surface area (Å²) in [6.07, 6.45) is 0. The molecule has 122 valence electrons. The highest BCUT2D eigenvalue weighted by Crippen LogP contribution is 2.30. The second-order valence-electron chi connectivity index (χ2n) is 5.56. The number of nitrogens with zero attached hydrogens (tertiary/aromatic N) is 2. The van der Waals surface area contributed by atoms with Crippen LogP contribution in [0.1, 0.15) is 12.5 Å².